The van der Waals surface area contributed by atoms with Gasteiger partial charge in [-0.3, -0.25) is 4.90 Å². The second kappa shape index (κ2) is 8.77. The fraction of sp³-hybridized carbons (Fsp3) is 0.458. The maximum absolute atomic E-state index is 9.44. The summed E-state index contributed by atoms with van der Waals surface area (Å²) in [5, 5.41) is 14.9. The number of benzene rings is 2. The molecule has 2 aliphatic rings. The van der Waals surface area contributed by atoms with Gasteiger partial charge in [-0.05, 0) is 42.7 Å². The molecule has 0 unspecified atom stereocenters. The van der Waals surface area contributed by atoms with E-state index in [-0.39, 0.29) is 6.61 Å². The number of hydrogen-bond acceptors (Lipinski definition) is 7. The number of aromatic nitrogens is 1. The predicted molar refractivity (Wildman–Crippen MR) is 119 cm³/mol. The Morgan fingerprint density at radius 3 is 2.84 bits per heavy atom. The first kappa shape index (κ1) is 20.2. The van der Waals surface area contributed by atoms with Crippen LogP contribution in [0.4, 0.5) is 5.82 Å². The summed E-state index contributed by atoms with van der Waals surface area (Å²) in [7, 11) is 1.63. The number of ether oxygens (including phenoxy) is 2. The Labute approximate surface area is 182 Å². The van der Waals surface area contributed by atoms with Crippen LogP contribution in [-0.2, 0) is 6.61 Å². The highest BCUT2D eigenvalue weighted by molar-refractivity contribution is 5.88. The van der Waals surface area contributed by atoms with Crippen LogP contribution in [-0.4, -0.2) is 61.1 Å². The molecule has 1 N–H and O–H groups in total. The number of methoxy groups -OCH3 is 1. The molecule has 2 aliphatic heterocycles. The van der Waals surface area contributed by atoms with Crippen molar-refractivity contribution in [1.29, 1.82) is 0 Å². The molecule has 0 aliphatic carbocycles. The summed E-state index contributed by atoms with van der Waals surface area (Å²) in [5.41, 5.74) is 1.65. The number of aliphatic hydroxyl groups is 1. The molecule has 2 atom stereocenters. The van der Waals surface area contributed by atoms with E-state index >= 15 is 0 Å². The van der Waals surface area contributed by atoms with Gasteiger partial charge in [-0.2, -0.15) is 0 Å². The Morgan fingerprint density at radius 1 is 1.10 bits per heavy atom. The zero-order valence-electron chi connectivity index (χ0n) is 17.9. The second-order valence-corrected chi connectivity index (χ2v) is 8.53. The van der Waals surface area contributed by atoms with Gasteiger partial charge in [-0.25, -0.2) is 0 Å². The molecule has 3 heterocycles. The van der Waals surface area contributed by atoms with E-state index in [0.29, 0.717) is 24.3 Å². The Balaban J connectivity index is 1.18. The summed E-state index contributed by atoms with van der Waals surface area (Å²) in [6, 6.07) is 14.2. The van der Waals surface area contributed by atoms with Gasteiger partial charge in [0.05, 0.1) is 25.7 Å². The lowest BCUT2D eigenvalue weighted by atomic mass is 9.91. The first-order valence-corrected chi connectivity index (χ1v) is 11.0. The van der Waals surface area contributed by atoms with Crippen LogP contribution in [0.2, 0.25) is 0 Å². The maximum atomic E-state index is 9.44. The van der Waals surface area contributed by atoms with E-state index in [0.717, 1.165) is 67.1 Å². The first-order chi connectivity index (χ1) is 15.2. The van der Waals surface area contributed by atoms with Crippen LogP contribution in [0, 0.1) is 5.92 Å². The third-order valence-electron chi connectivity index (χ3n) is 6.51. The molecule has 5 rings (SSSR count). The average molecular weight is 424 g/mol. The lowest BCUT2D eigenvalue weighted by Crippen LogP contribution is -2.57. The van der Waals surface area contributed by atoms with Crippen LogP contribution in [0.1, 0.15) is 18.4 Å². The number of piperidine rings is 1. The van der Waals surface area contributed by atoms with Crippen molar-refractivity contribution < 1.29 is 19.1 Å². The molecule has 2 saturated heterocycles. The Morgan fingerprint density at radius 2 is 1.97 bits per heavy atom. The summed E-state index contributed by atoms with van der Waals surface area (Å²) < 4.78 is 16.9. The molecule has 0 amide bonds. The topological polar surface area (TPSA) is 71.2 Å². The van der Waals surface area contributed by atoms with Crippen molar-refractivity contribution >= 4 is 16.8 Å². The molecule has 2 fully saturated rings. The first-order valence-electron chi connectivity index (χ1n) is 11.0. The van der Waals surface area contributed by atoms with Gasteiger partial charge >= 0.3 is 0 Å². The number of anilines is 1. The minimum Gasteiger partial charge on any atom is -0.497 e. The second-order valence-electron chi connectivity index (χ2n) is 8.53. The van der Waals surface area contributed by atoms with Crippen LogP contribution in [0.5, 0.6) is 11.5 Å². The van der Waals surface area contributed by atoms with Gasteiger partial charge in [0.25, 0.3) is 0 Å². The van der Waals surface area contributed by atoms with Crippen LogP contribution < -0.4 is 14.4 Å². The van der Waals surface area contributed by atoms with Crippen LogP contribution >= 0.6 is 0 Å². The summed E-state index contributed by atoms with van der Waals surface area (Å²) in [6.07, 6.45) is 2.30. The molecule has 1 aromatic heterocycles. The molecule has 2 aromatic carbocycles. The SMILES string of the molecule is COc1cc(CO)cc(OC[C@H]2CC[C@H]3CN(c4noc5ccccc45)CCN3C2)c1. The van der Waals surface area contributed by atoms with Crippen molar-refractivity contribution in [3.63, 3.8) is 0 Å². The lowest BCUT2D eigenvalue weighted by Gasteiger charge is -2.46. The van der Waals surface area contributed by atoms with Gasteiger partial charge in [0, 0.05) is 44.2 Å². The van der Waals surface area contributed by atoms with E-state index in [9.17, 15) is 5.11 Å². The highest BCUT2D eigenvalue weighted by Gasteiger charge is 2.34. The van der Waals surface area contributed by atoms with Crippen molar-refractivity contribution in [3.8, 4) is 11.5 Å². The number of aliphatic hydroxyl groups excluding tert-OH is 1. The maximum Gasteiger partial charge on any atom is 0.180 e. The zero-order valence-corrected chi connectivity index (χ0v) is 17.9. The van der Waals surface area contributed by atoms with Crippen LogP contribution in [0.25, 0.3) is 11.0 Å². The van der Waals surface area contributed by atoms with Crippen molar-refractivity contribution in [1.82, 2.24) is 10.1 Å². The molecule has 7 heteroatoms. The van der Waals surface area contributed by atoms with Gasteiger partial charge in [0.15, 0.2) is 11.4 Å². The number of nitrogens with zero attached hydrogens (tertiary/aromatic N) is 3. The summed E-state index contributed by atoms with van der Waals surface area (Å²) >= 11 is 0. The number of hydrogen-bond donors (Lipinski definition) is 1. The molecule has 3 aromatic rings. The van der Waals surface area contributed by atoms with Crippen molar-refractivity contribution in [2.45, 2.75) is 25.5 Å². The fourth-order valence-electron chi connectivity index (χ4n) is 4.82. The Hall–Kier alpha value is -2.77. The predicted octanol–water partition coefficient (Wildman–Crippen LogP) is 3.31. The van der Waals surface area contributed by atoms with Crippen LogP contribution in [0.15, 0.2) is 47.0 Å². The standard InChI is InChI=1S/C24H29N3O4/c1-29-20-10-18(15-28)11-21(12-20)30-16-17-6-7-19-14-27(9-8-26(19)13-17)24-22-4-2-3-5-23(22)31-25-24/h2-5,10-12,17,19,28H,6-9,13-16H2,1H3/t17-,19-/m0/s1. The van der Waals surface area contributed by atoms with E-state index < -0.39 is 0 Å². The highest BCUT2D eigenvalue weighted by Crippen LogP contribution is 2.31. The third kappa shape index (κ3) is 4.20. The van der Waals surface area contributed by atoms with Gasteiger partial charge in [-0.15, -0.1) is 0 Å². The number of rotatable bonds is 6. The van der Waals surface area contributed by atoms with E-state index in [1.54, 1.807) is 7.11 Å². The largest absolute Gasteiger partial charge is 0.497 e. The molecule has 0 spiro atoms. The fourth-order valence-corrected chi connectivity index (χ4v) is 4.82. The summed E-state index contributed by atoms with van der Waals surface area (Å²) in [4.78, 5) is 4.97. The van der Waals surface area contributed by atoms with E-state index in [1.165, 1.54) is 0 Å². The van der Waals surface area contributed by atoms with Gasteiger partial charge in [0.1, 0.15) is 11.5 Å². The van der Waals surface area contributed by atoms with Gasteiger partial charge in [0.2, 0.25) is 0 Å². The third-order valence-corrected chi connectivity index (χ3v) is 6.51. The number of fused-ring (bicyclic) bond motifs is 2. The number of para-hydroxylation sites is 1. The minimum atomic E-state index is -0.0241. The quantitative estimate of drug-likeness (QED) is 0.652. The zero-order chi connectivity index (χ0) is 21.2. The molecule has 0 saturated carbocycles. The highest BCUT2D eigenvalue weighted by atomic mass is 16.5. The molecule has 7 nitrogen and oxygen atoms in total. The molecule has 0 bridgehead atoms. The molecule has 164 valence electrons. The van der Waals surface area contributed by atoms with E-state index in [1.807, 2.05) is 36.4 Å². The summed E-state index contributed by atoms with van der Waals surface area (Å²) in [6.45, 7) is 4.67. The Bertz CT molecular complexity index is 1010. The normalized spacial score (nSPS) is 21.8. The van der Waals surface area contributed by atoms with Crippen molar-refractivity contribution in [3.05, 3.63) is 48.0 Å². The smallest absolute Gasteiger partial charge is 0.180 e. The van der Waals surface area contributed by atoms with Crippen molar-refractivity contribution in [2.24, 2.45) is 5.92 Å². The Kier molecular flexibility index (Phi) is 5.70. The van der Waals surface area contributed by atoms with Gasteiger partial charge in [-0.1, -0.05) is 17.3 Å². The lowest BCUT2D eigenvalue weighted by molar-refractivity contribution is 0.0726. The van der Waals surface area contributed by atoms with Gasteiger partial charge < -0.3 is 24.0 Å². The minimum absolute atomic E-state index is 0.0241. The van der Waals surface area contributed by atoms with Crippen molar-refractivity contribution in [2.75, 3.05) is 44.8 Å². The summed E-state index contributed by atoms with van der Waals surface area (Å²) in [5.74, 6) is 2.94. The molecular formula is C24H29N3O4. The number of piperazine rings is 1. The average Bonchev–Trinajstić information content (AvgIpc) is 3.26. The van der Waals surface area contributed by atoms with Crippen LogP contribution in [0.3, 0.4) is 0 Å². The van der Waals surface area contributed by atoms with E-state index in [4.69, 9.17) is 14.0 Å². The molecule has 31 heavy (non-hydrogen) atoms. The molecular weight excluding hydrogens is 394 g/mol. The monoisotopic (exact) mass is 423 g/mol. The van der Waals surface area contributed by atoms with E-state index in [2.05, 4.69) is 21.0 Å². The molecule has 0 radical (unpaired) electrons.